The number of hydrogen-bond acceptors (Lipinski definition) is 5. The molecule has 0 saturated carbocycles. The van der Waals surface area contributed by atoms with Crippen LogP contribution in [0.1, 0.15) is 29.7 Å². The Morgan fingerprint density at radius 3 is 2.67 bits per heavy atom. The summed E-state index contributed by atoms with van der Waals surface area (Å²) < 4.78 is 6.97. The van der Waals surface area contributed by atoms with Crippen LogP contribution in [0.4, 0.5) is 10.5 Å². The predicted molar refractivity (Wildman–Crippen MR) is 102 cm³/mol. The number of rotatable bonds is 5. The maximum absolute atomic E-state index is 12.4. The third-order valence-corrected chi connectivity index (χ3v) is 4.25. The molecule has 0 aliphatic rings. The molecule has 0 aliphatic heterocycles. The normalized spacial score (nSPS) is 11.7. The SMILES string of the molecule is COc1ccc(C)cc1[C@@H](C)NC(=O)Nc1ccc(-n2cnnn2)c(C)c1. The second-order valence-electron chi connectivity index (χ2n) is 6.32. The zero-order chi connectivity index (χ0) is 19.4. The van der Waals surface area contributed by atoms with Crippen molar-refractivity contribution in [1.82, 2.24) is 25.5 Å². The monoisotopic (exact) mass is 366 g/mol. The van der Waals surface area contributed by atoms with Crippen molar-refractivity contribution in [2.45, 2.75) is 26.8 Å². The number of nitrogens with one attached hydrogen (secondary N) is 2. The number of nitrogens with zero attached hydrogens (tertiary/aromatic N) is 4. The van der Waals surface area contributed by atoms with Gasteiger partial charge in [0, 0.05) is 11.3 Å². The Bertz CT molecular complexity index is 939. The maximum atomic E-state index is 12.4. The number of hydrogen-bond donors (Lipinski definition) is 2. The summed E-state index contributed by atoms with van der Waals surface area (Å²) in [6, 6.07) is 10.9. The molecule has 0 bridgehead atoms. The molecule has 1 aromatic heterocycles. The van der Waals surface area contributed by atoms with Gasteiger partial charge in [-0.05, 0) is 61.0 Å². The standard InChI is InChI=1S/C19H22N6O2/c1-12-5-8-18(27-4)16(9-12)14(3)21-19(26)22-15-6-7-17(13(2)10-15)25-11-20-23-24-25/h5-11,14H,1-4H3,(H2,21,22,26)/t14-/m1/s1. The molecule has 2 N–H and O–H groups in total. The Morgan fingerprint density at radius 2 is 2.00 bits per heavy atom. The Kier molecular flexibility index (Phi) is 5.35. The molecule has 0 fully saturated rings. The molecule has 0 radical (unpaired) electrons. The predicted octanol–water partition coefficient (Wildman–Crippen LogP) is 3.17. The van der Waals surface area contributed by atoms with Crippen LogP contribution in [-0.2, 0) is 0 Å². The van der Waals surface area contributed by atoms with Crippen molar-refractivity contribution in [3.63, 3.8) is 0 Å². The van der Waals surface area contributed by atoms with E-state index in [9.17, 15) is 4.79 Å². The smallest absolute Gasteiger partial charge is 0.319 e. The average Bonchev–Trinajstić information content (AvgIpc) is 3.16. The number of urea groups is 1. The van der Waals surface area contributed by atoms with E-state index >= 15 is 0 Å². The van der Waals surface area contributed by atoms with Crippen LogP contribution < -0.4 is 15.4 Å². The van der Waals surface area contributed by atoms with E-state index in [1.54, 1.807) is 11.8 Å². The van der Waals surface area contributed by atoms with E-state index in [2.05, 4.69) is 26.2 Å². The first kappa shape index (κ1) is 18.4. The van der Waals surface area contributed by atoms with E-state index in [0.717, 1.165) is 28.1 Å². The Labute approximate surface area is 157 Å². The summed E-state index contributed by atoms with van der Waals surface area (Å²) in [5.41, 5.74) is 4.51. The van der Waals surface area contributed by atoms with Crippen molar-refractivity contribution in [3.8, 4) is 11.4 Å². The molecule has 140 valence electrons. The molecule has 8 heteroatoms. The number of carbonyl (C=O) groups is 1. The summed E-state index contributed by atoms with van der Waals surface area (Å²) in [6.45, 7) is 5.86. The number of tetrazole rings is 1. The second-order valence-corrected chi connectivity index (χ2v) is 6.32. The highest BCUT2D eigenvalue weighted by Gasteiger charge is 2.15. The lowest BCUT2D eigenvalue weighted by molar-refractivity contribution is 0.249. The summed E-state index contributed by atoms with van der Waals surface area (Å²) in [4.78, 5) is 12.4. The average molecular weight is 366 g/mol. The molecule has 27 heavy (non-hydrogen) atoms. The van der Waals surface area contributed by atoms with Gasteiger partial charge in [-0.15, -0.1) is 5.10 Å². The fourth-order valence-electron chi connectivity index (χ4n) is 2.90. The number of aromatic nitrogens is 4. The van der Waals surface area contributed by atoms with Crippen LogP contribution in [0.3, 0.4) is 0 Å². The van der Waals surface area contributed by atoms with E-state index in [-0.39, 0.29) is 12.1 Å². The van der Waals surface area contributed by atoms with Crippen molar-refractivity contribution in [1.29, 1.82) is 0 Å². The van der Waals surface area contributed by atoms with Crippen LogP contribution in [0.5, 0.6) is 5.75 Å². The lowest BCUT2D eigenvalue weighted by atomic mass is 10.0. The highest BCUT2D eigenvalue weighted by Crippen LogP contribution is 2.26. The fraction of sp³-hybridized carbons (Fsp3) is 0.263. The molecule has 8 nitrogen and oxygen atoms in total. The van der Waals surface area contributed by atoms with Crippen LogP contribution in [0.2, 0.25) is 0 Å². The Balaban J connectivity index is 1.69. The number of amides is 2. The number of ether oxygens (including phenoxy) is 1. The van der Waals surface area contributed by atoms with Crippen LogP contribution >= 0.6 is 0 Å². The summed E-state index contributed by atoms with van der Waals surface area (Å²) in [5.74, 6) is 0.745. The van der Waals surface area contributed by atoms with E-state index in [1.807, 2.05) is 57.2 Å². The van der Waals surface area contributed by atoms with Gasteiger partial charge in [-0.25, -0.2) is 9.48 Å². The molecular formula is C19H22N6O2. The van der Waals surface area contributed by atoms with Crippen molar-refractivity contribution in [2.75, 3.05) is 12.4 Å². The molecule has 3 rings (SSSR count). The molecule has 1 atom stereocenters. The van der Waals surface area contributed by atoms with Crippen molar-refractivity contribution < 1.29 is 9.53 Å². The summed E-state index contributed by atoms with van der Waals surface area (Å²) in [5, 5.41) is 16.9. The van der Waals surface area contributed by atoms with E-state index in [0.29, 0.717) is 5.69 Å². The third kappa shape index (κ3) is 4.22. The lowest BCUT2D eigenvalue weighted by Crippen LogP contribution is -2.31. The molecule has 0 spiro atoms. The molecule has 1 heterocycles. The molecule has 0 unspecified atom stereocenters. The first-order valence-corrected chi connectivity index (χ1v) is 8.54. The van der Waals surface area contributed by atoms with Crippen LogP contribution in [0.25, 0.3) is 5.69 Å². The number of aryl methyl sites for hydroxylation is 2. The van der Waals surface area contributed by atoms with Gasteiger partial charge in [0.1, 0.15) is 12.1 Å². The van der Waals surface area contributed by atoms with Gasteiger partial charge in [-0.2, -0.15) is 0 Å². The number of methoxy groups -OCH3 is 1. The van der Waals surface area contributed by atoms with Crippen LogP contribution in [0.15, 0.2) is 42.7 Å². The number of carbonyl (C=O) groups excluding carboxylic acids is 1. The minimum Gasteiger partial charge on any atom is -0.496 e. The fourth-order valence-corrected chi connectivity index (χ4v) is 2.90. The molecule has 0 aliphatic carbocycles. The van der Waals surface area contributed by atoms with Gasteiger partial charge in [-0.3, -0.25) is 0 Å². The van der Waals surface area contributed by atoms with Gasteiger partial charge in [0.05, 0.1) is 18.8 Å². The number of benzene rings is 2. The van der Waals surface area contributed by atoms with Gasteiger partial charge in [0.2, 0.25) is 0 Å². The molecule has 2 amide bonds. The largest absolute Gasteiger partial charge is 0.496 e. The quantitative estimate of drug-likeness (QED) is 0.723. The van der Waals surface area contributed by atoms with Gasteiger partial charge < -0.3 is 15.4 Å². The van der Waals surface area contributed by atoms with Gasteiger partial charge in [0.25, 0.3) is 0 Å². The molecule has 2 aromatic carbocycles. The summed E-state index contributed by atoms with van der Waals surface area (Å²) >= 11 is 0. The van der Waals surface area contributed by atoms with Crippen molar-refractivity contribution >= 4 is 11.7 Å². The maximum Gasteiger partial charge on any atom is 0.319 e. The summed E-state index contributed by atoms with van der Waals surface area (Å²) in [6.07, 6.45) is 1.53. The van der Waals surface area contributed by atoms with Crippen LogP contribution in [0, 0.1) is 13.8 Å². The topological polar surface area (TPSA) is 94.0 Å². The van der Waals surface area contributed by atoms with Crippen LogP contribution in [-0.4, -0.2) is 33.3 Å². The first-order valence-electron chi connectivity index (χ1n) is 8.54. The minimum absolute atomic E-state index is 0.207. The van der Waals surface area contributed by atoms with Gasteiger partial charge >= 0.3 is 6.03 Å². The summed E-state index contributed by atoms with van der Waals surface area (Å²) in [7, 11) is 1.62. The molecular weight excluding hydrogens is 344 g/mol. The zero-order valence-corrected chi connectivity index (χ0v) is 15.7. The zero-order valence-electron chi connectivity index (χ0n) is 15.7. The van der Waals surface area contributed by atoms with Crippen molar-refractivity contribution in [2.24, 2.45) is 0 Å². The minimum atomic E-state index is -0.291. The van der Waals surface area contributed by atoms with E-state index in [1.165, 1.54) is 6.33 Å². The van der Waals surface area contributed by atoms with Crippen molar-refractivity contribution in [3.05, 3.63) is 59.4 Å². The number of anilines is 1. The Hall–Kier alpha value is -3.42. The first-order chi connectivity index (χ1) is 13.0. The third-order valence-electron chi connectivity index (χ3n) is 4.25. The van der Waals surface area contributed by atoms with E-state index in [4.69, 9.17) is 4.74 Å². The highest BCUT2D eigenvalue weighted by atomic mass is 16.5. The van der Waals surface area contributed by atoms with Gasteiger partial charge in [-0.1, -0.05) is 17.7 Å². The highest BCUT2D eigenvalue weighted by molar-refractivity contribution is 5.89. The molecule has 3 aromatic rings. The second kappa shape index (κ2) is 7.86. The Morgan fingerprint density at radius 1 is 1.19 bits per heavy atom. The van der Waals surface area contributed by atoms with Gasteiger partial charge in [0.15, 0.2) is 0 Å². The molecule has 0 saturated heterocycles. The lowest BCUT2D eigenvalue weighted by Gasteiger charge is -2.18. The van der Waals surface area contributed by atoms with E-state index < -0.39 is 0 Å².